The quantitative estimate of drug-likeness (QED) is 0.833. The van der Waals surface area contributed by atoms with E-state index in [2.05, 4.69) is 40.5 Å². The first-order chi connectivity index (χ1) is 12.1. The minimum Gasteiger partial charge on any atom is -0.353 e. The van der Waals surface area contributed by atoms with Crippen molar-refractivity contribution in [2.24, 2.45) is 11.3 Å². The number of carbonyl (C=O) groups is 1. The summed E-state index contributed by atoms with van der Waals surface area (Å²) < 4.78 is 0. The zero-order valence-corrected chi connectivity index (χ0v) is 15.5. The maximum Gasteiger partial charge on any atom is 0.226 e. The molecule has 0 spiro atoms. The van der Waals surface area contributed by atoms with E-state index in [1.54, 1.807) is 0 Å². The molecule has 0 aromatic carbocycles. The number of anilines is 1. The first-order valence-electron chi connectivity index (χ1n) is 10.1. The molecule has 136 valence electrons. The Bertz CT molecular complexity index is 633. The lowest BCUT2D eigenvalue weighted by Crippen LogP contribution is -2.52. The highest BCUT2D eigenvalue weighted by Crippen LogP contribution is 2.61. The number of amides is 1. The Labute approximate surface area is 150 Å². The fourth-order valence-electron chi connectivity index (χ4n) is 4.63. The number of aromatic nitrogens is 2. The standard InChI is InChI=1S/C20H30N4O/c1-3-14-9-15(4-2)23-19(22-14)24-17-10-16(11-17)21-18(25)20-8-6-5-7-13(20)12-20/h9,13,16-17H,3-8,10-12H2,1-2H3,(H,21,25)(H,22,23,24). The van der Waals surface area contributed by atoms with Crippen LogP contribution in [0.15, 0.2) is 6.07 Å². The number of rotatable bonds is 6. The second kappa shape index (κ2) is 6.58. The summed E-state index contributed by atoms with van der Waals surface area (Å²) in [5.41, 5.74) is 2.20. The first kappa shape index (κ1) is 16.8. The molecule has 0 bridgehead atoms. The summed E-state index contributed by atoms with van der Waals surface area (Å²) in [6, 6.07) is 2.79. The molecule has 3 aliphatic rings. The third-order valence-electron chi connectivity index (χ3n) is 6.47. The molecule has 1 aromatic heterocycles. The van der Waals surface area contributed by atoms with Gasteiger partial charge >= 0.3 is 0 Å². The summed E-state index contributed by atoms with van der Waals surface area (Å²) in [6.45, 7) is 4.24. The second-order valence-electron chi connectivity index (χ2n) is 8.17. The molecule has 0 saturated heterocycles. The average molecular weight is 342 g/mol. The van der Waals surface area contributed by atoms with Crippen LogP contribution in [0.5, 0.6) is 0 Å². The van der Waals surface area contributed by atoms with Crippen LogP contribution in [0.25, 0.3) is 0 Å². The SMILES string of the molecule is CCc1cc(CC)nc(NC2CC(NC(=O)C34CCCCC3C4)C2)n1. The molecule has 3 saturated carbocycles. The second-order valence-corrected chi connectivity index (χ2v) is 8.17. The molecule has 5 heteroatoms. The minimum absolute atomic E-state index is 0.0192. The molecule has 4 rings (SSSR count). The van der Waals surface area contributed by atoms with E-state index < -0.39 is 0 Å². The molecular formula is C20H30N4O. The van der Waals surface area contributed by atoms with Crippen LogP contribution in [0.2, 0.25) is 0 Å². The van der Waals surface area contributed by atoms with E-state index in [-0.39, 0.29) is 5.41 Å². The van der Waals surface area contributed by atoms with Crippen molar-refractivity contribution in [3.8, 4) is 0 Å². The van der Waals surface area contributed by atoms with E-state index in [0.29, 0.717) is 23.9 Å². The Morgan fingerprint density at radius 1 is 1.16 bits per heavy atom. The molecule has 3 fully saturated rings. The van der Waals surface area contributed by atoms with Crippen LogP contribution in [0.1, 0.15) is 70.2 Å². The summed E-state index contributed by atoms with van der Waals surface area (Å²) in [5.74, 6) is 1.75. The number of nitrogens with one attached hydrogen (secondary N) is 2. The van der Waals surface area contributed by atoms with Crippen molar-refractivity contribution in [3.05, 3.63) is 17.5 Å². The Morgan fingerprint density at radius 2 is 1.88 bits per heavy atom. The molecule has 2 unspecified atom stereocenters. The first-order valence-corrected chi connectivity index (χ1v) is 10.1. The van der Waals surface area contributed by atoms with E-state index >= 15 is 0 Å². The normalized spacial score (nSPS) is 33.1. The van der Waals surface area contributed by atoms with Crippen LogP contribution in [-0.2, 0) is 17.6 Å². The lowest BCUT2D eigenvalue weighted by molar-refractivity contribution is -0.129. The van der Waals surface area contributed by atoms with Crippen molar-refractivity contribution < 1.29 is 4.79 Å². The molecule has 1 aromatic rings. The molecule has 1 heterocycles. The highest BCUT2D eigenvalue weighted by molar-refractivity contribution is 5.86. The van der Waals surface area contributed by atoms with Crippen LogP contribution in [0.4, 0.5) is 5.95 Å². The smallest absolute Gasteiger partial charge is 0.226 e. The van der Waals surface area contributed by atoms with E-state index in [4.69, 9.17) is 0 Å². The van der Waals surface area contributed by atoms with Gasteiger partial charge in [0, 0.05) is 23.5 Å². The molecular weight excluding hydrogens is 312 g/mol. The van der Waals surface area contributed by atoms with Gasteiger partial charge in [-0.2, -0.15) is 0 Å². The fraction of sp³-hybridized carbons (Fsp3) is 0.750. The zero-order chi connectivity index (χ0) is 17.4. The predicted molar refractivity (Wildman–Crippen MR) is 98.4 cm³/mol. The third kappa shape index (κ3) is 3.25. The number of hydrogen-bond acceptors (Lipinski definition) is 4. The van der Waals surface area contributed by atoms with Crippen molar-refractivity contribution in [3.63, 3.8) is 0 Å². The molecule has 2 N–H and O–H groups in total. The highest BCUT2D eigenvalue weighted by atomic mass is 16.2. The number of fused-ring (bicyclic) bond motifs is 1. The van der Waals surface area contributed by atoms with E-state index in [1.165, 1.54) is 19.3 Å². The van der Waals surface area contributed by atoms with Gasteiger partial charge in [-0.05, 0) is 56.9 Å². The predicted octanol–water partition coefficient (Wildman–Crippen LogP) is 3.24. The largest absolute Gasteiger partial charge is 0.353 e. The summed E-state index contributed by atoms with van der Waals surface area (Å²) in [4.78, 5) is 21.8. The molecule has 1 amide bonds. The number of nitrogens with zero attached hydrogens (tertiary/aromatic N) is 2. The minimum atomic E-state index is 0.0192. The lowest BCUT2D eigenvalue weighted by Gasteiger charge is -2.37. The lowest BCUT2D eigenvalue weighted by atomic mass is 9.84. The van der Waals surface area contributed by atoms with Crippen molar-refractivity contribution in [1.29, 1.82) is 0 Å². The van der Waals surface area contributed by atoms with Gasteiger partial charge in [0.25, 0.3) is 0 Å². The van der Waals surface area contributed by atoms with Crippen LogP contribution in [0.3, 0.4) is 0 Å². The molecule has 25 heavy (non-hydrogen) atoms. The summed E-state index contributed by atoms with van der Waals surface area (Å²) in [7, 11) is 0. The van der Waals surface area contributed by atoms with Crippen LogP contribution >= 0.6 is 0 Å². The van der Waals surface area contributed by atoms with Crippen molar-refractivity contribution in [1.82, 2.24) is 15.3 Å². The van der Waals surface area contributed by atoms with Gasteiger partial charge in [-0.25, -0.2) is 9.97 Å². The van der Waals surface area contributed by atoms with Gasteiger partial charge in [0.1, 0.15) is 0 Å². The van der Waals surface area contributed by atoms with Gasteiger partial charge in [0.2, 0.25) is 11.9 Å². The summed E-state index contributed by atoms with van der Waals surface area (Å²) in [5, 5.41) is 6.77. The molecule has 5 nitrogen and oxygen atoms in total. The average Bonchev–Trinajstić information content (AvgIpc) is 3.35. The van der Waals surface area contributed by atoms with Crippen molar-refractivity contribution >= 4 is 11.9 Å². The fourth-order valence-corrected chi connectivity index (χ4v) is 4.63. The van der Waals surface area contributed by atoms with Gasteiger partial charge < -0.3 is 10.6 Å². The summed E-state index contributed by atoms with van der Waals surface area (Å²) in [6.07, 6.45) is 9.84. The van der Waals surface area contributed by atoms with Gasteiger partial charge in [-0.3, -0.25) is 4.79 Å². The Hall–Kier alpha value is -1.65. The number of hydrogen-bond donors (Lipinski definition) is 2. The summed E-state index contributed by atoms with van der Waals surface area (Å²) >= 11 is 0. The van der Waals surface area contributed by atoms with Gasteiger partial charge in [0.05, 0.1) is 5.41 Å². The van der Waals surface area contributed by atoms with Crippen molar-refractivity contribution in [2.75, 3.05) is 5.32 Å². The van der Waals surface area contributed by atoms with E-state index in [9.17, 15) is 4.79 Å². The molecule has 3 aliphatic carbocycles. The third-order valence-corrected chi connectivity index (χ3v) is 6.47. The van der Waals surface area contributed by atoms with Crippen LogP contribution < -0.4 is 10.6 Å². The molecule has 2 atom stereocenters. The van der Waals surface area contributed by atoms with Gasteiger partial charge in [0.15, 0.2) is 0 Å². The zero-order valence-electron chi connectivity index (χ0n) is 15.5. The maximum absolute atomic E-state index is 12.6. The van der Waals surface area contributed by atoms with Crippen LogP contribution in [-0.4, -0.2) is 28.0 Å². The Morgan fingerprint density at radius 3 is 2.52 bits per heavy atom. The van der Waals surface area contributed by atoms with Gasteiger partial charge in [-0.15, -0.1) is 0 Å². The molecule has 0 radical (unpaired) electrons. The topological polar surface area (TPSA) is 66.9 Å². The van der Waals surface area contributed by atoms with Crippen molar-refractivity contribution in [2.45, 2.75) is 83.7 Å². The van der Waals surface area contributed by atoms with Crippen LogP contribution in [0, 0.1) is 11.3 Å². The monoisotopic (exact) mass is 342 g/mol. The Balaban J connectivity index is 1.27. The van der Waals surface area contributed by atoms with Gasteiger partial charge in [-0.1, -0.05) is 26.7 Å². The van der Waals surface area contributed by atoms with E-state index in [1.807, 2.05) is 0 Å². The van der Waals surface area contributed by atoms with E-state index in [0.717, 1.165) is 55.9 Å². The number of carbonyl (C=O) groups excluding carboxylic acids is 1. The molecule has 0 aliphatic heterocycles. The highest BCUT2D eigenvalue weighted by Gasteiger charge is 2.60. The number of aryl methyl sites for hydroxylation is 2. The Kier molecular flexibility index (Phi) is 4.42. The maximum atomic E-state index is 12.6.